The quantitative estimate of drug-likeness (QED) is 0.405. The van der Waals surface area contributed by atoms with E-state index in [0.717, 1.165) is 16.7 Å². The Bertz CT molecular complexity index is 1370. The lowest BCUT2D eigenvalue weighted by Crippen LogP contribution is -2.17. The molecular formula is C25H26ClN3O4S. The molecule has 1 N–H and O–H groups in total. The van der Waals surface area contributed by atoms with Crippen molar-refractivity contribution in [1.82, 2.24) is 4.57 Å². The Labute approximate surface area is 203 Å². The fourth-order valence-electron chi connectivity index (χ4n) is 4.16. The highest BCUT2D eigenvalue weighted by atomic mass is 35.5. The van der Waals surface area contributed by atoms with Crippen molar-refractivity contribution in [3.05, 3.63) is 103 Å². The second-order valence-electron chi connectivity index (χ2n) is 8.79. The maximum absolute atomic E-state index is 12.3. The van der Waals surface area contributed by atoms with Crippen LogP contribution in [0.5, 0.6) is 0 Å². The molecule has 0 amide bonds. The largest absolute Gasteiger partial charge is 0.318 e. The molecule has 34 heavy (non-hydrogen) atoms. The first-order chi connectivity index (χ1) is 16.2. The lowest BCUT2D eigenvalue weighted by atomic mass is 9.82. The lowest BCUT2D eigenvalue weighted by molar-refractivity contribution is 0.587. The maximum Gasteiger partial charge on any atom is 0.250 e. The van der Waals surface area contributed by atoms with Crippen LogP contribution < -0.4 is 10.3 Å². The smallest absolute Gasteiger partial charge is 0.250 e. The average molecular weight is 500 g/mol. The number of nitroso groups, excluding NO2 is 1. The molecule has 0 radical (unpaired) electrons. The van der Waals surface area contributed by atoms with Gasteiger partial charge in [-0.3, -0.25) is 9.52 Å². The monoisotopic (exact) mass is 499 g/mol. The van der Waals surface area contributed by atoms with Gasteiger partial charge in [-0.15, -0.1) is 0 Å². The van der Waals surface area contributed by atoms with Crippen LogP contribution in [0.3, 0.4) is 0 Å². The number of nitrogens with one attached hydrogen (secondary N) is 1. The maximum atomic E-state index is 12.3. The summed E-state index contributed by atoms with van der Waals surface area (Å²) in [7, 11) is -1.72. The van der Waals surface area contributed by atoms with Crippen molar-refractivity contribution in [2.24, 2.45) is 12.2 Å². The predicted octanol–water partition coefficient (Wildman–Crippen LogP) is 5.28. The number of anilines is 1. The van der Waals surface area contributed by atoms with E-state index in [1.165, 1.54) is 10.6 Å². The van der Waals surface area contributed by atoms with Crippen molar-refractivity contribution in [3.63, 3.8) is 0 Å². The molecule has 1 fully saturated rings. The van der Waals surface area contributed by atoms with Gasteiger partial charge >= 0.3 is 0 Å². The van der Waals surface area contributed by atoms with Crippen LogP contribution in [-0.4, -0.2) is 18.2 Å². The average Bonchev–Trinajstić information content (AvgIpc) is 3.64. The van der Waals surface area contributed by atoms with Crippen molar-refractivity contribution in [2.75, 3.05) is 4.72 Å². The van der Waals surface area contributed by atoms with E-state index in [4.69, 9.17) is 11.6 Å². The SMILES string of the molecule is Cc1cc(Cl)ccc1C(CC(N=O)c1ccc(=O)n(C)c1)c1ccc(NS(=O)(=O)C2CC2)cc1. The highest BCUT2D eigenvalue weighted by molar-refractivity contribution is 7.93. The number of aryl methyl sites for hydroxylation is 2. The molecule has 1 aliphatic rings. The van der Waals surface area contributed by atoms with E-state index in [1.807, 2.05) is 37.3 Å². The molecule has 2 atom stereocenters. The summed E-state index contributed by atoms with van der Waals surface area (Å²) in [6.07, 6.45) is 3.39. The van der Waals surface area contributed by atoms with Crippen LogP contribution in [0.4, 0.5) is 5.69 Å². The van der Waals surface area contributed by atoms with Gasteiger partial charge < -0.3 is 4.57 Å². The third-order valence-electron chi connectivity index (χ3n) is 6.22. The van der Waals surface area contributed by atoms with Gasteiger partial charge in [-0.05, 0) is 78.8 Å². The van der Waals surface area contributed by atoms with Crippen LogP contribution in [0.25, 0.3) is 0 Å². The van der Waals surface area contributed by atoms with E-state index in [0.29, 0.717) is 35.5 Å². The minimum atomic E-state index is -3.35. The van der Waals surface area contributed by atoms with E-state index in [2.05, 4.69) is 9.90 Å². The number of rotatable bonds is 9. The Morgan fingerprint density at radius 1 is 1.09 bits per heavy atom. The van der Waals surface area contributed by atoms with Crippen LogP contribution in [0, 0.1) is 11.8 Å². The van der Waals surface area contributed by atoms with Crippen LogP contribution in [0.2, 0.25) is 5.02 Å². The molecule has 1 saturated carbocycles. The van der Waals surface area contributed by atoms with E-state index in [9.17, 15) is 18.1 Å². The van der Waals surface area contributed by atoms with Gasteiger partial charge in [0.25, 0.3) is 0 Å². The molecule has 3 aromatic rings. The van der Waals surface area contributed by atoms with Crippen LogP contribution in [0.1, 0.15) is 53.5 Å². The molecule has 9 heteroatoms. The molecule has 1 aromatic heterocycles. The Morgan fingerprint density at radius 2 is 1.76 bits per heavy atom. The van der Waals surface area contributed by atoms with Crippen LogP contribution in [-0.2, 0) is 17.1 Å². The fraction of sp³-hybridized carbons (Fsp3) is 0.320. The van der Waals surface area contributed by atoms with Gasteiger partial charge in [0.2, 0.25) is 15.6 Å². The fourth-order valence-corrected chi connectivity index (χ4v) is 5.77. The Morgan fingerprint density at radius 3 is 2.35 bits per heavy atom. The van der Waals surface area contributed by atoms with Crippen molar-refractivity contribution >= 4 is 27.3 Å². The standard InChI is InChI=1S/C25H26ClN3O4S/c1-16-13-19(26)6-11-22(16)23(14-24(27-31)18-5-12-25(30)29(2)15-18)17-3-7-20(8-4-17)28-34(32,33)21-9-10-21/h3-8,11-13,15,21,23-24,28H,9-10,14H2,1-2H3. The van der Waals surface area contributed by atoms with Crippen molar-refractivity contribution in [3.8, 4) is 0 Å². The number of sulfonamides is 1. The summed E-state index contributed by atoms with van der Waals surface area (Å²) in [6, 6.07) is 15.2. The molecule has 7 nitrogen and oxygen atoms in total. The summed E-state index contributed by atoms with van der Waals surface area (Å²) >= 11 is 6.18. The Balaban J connectivity index is 1.68. The van der Waals surface area contributed by atoms with Gasteiger partial charge in [-0.1, -0.05) is 35.0 Å². The van der Waals surface area contributed by atoms with Crippen molar-refractivity contribution in [2.45, 2.75) is 43.4 Å². The normalized spacial score (nSPS) is 15.5. The van der Waals surface area contributed by atoms with E-state index in [1.54, 1.807) is 31.4 Å². The summed E-state index contributed by atoms with van der Waals surface area (Å²) < 4.78 is 28.6. The molecule has 1 heterocycles. The number of nitrogens with zero attached hydrogens (tertiary/aromatic N) is 2. The van der Waals surface area contributed by atoms with Gasteiger partial charge in [0, 0.05) is 35.9 Å². The second-order valence-corrected chi connectivity index (χ2v) is 11.2. The molecule has 2 aromatic carbocycles. The molecule has 178 valence electrons. The molecule has 0 spiro atoms. The molecule has 1 aliphatic carbocycles. The highest BCUT2D eigenvalue weighted by Crippen LogP contribution is 2.38. The van der Waals surface area contributed by atoms with Gasteiger partial charge in [0.1, 0.15) is 6.04 Å². The number of aromatic nitrogens is 1. The number of hydrogen-bond donors (Lipinski definition) is 1. The predicted molar refractivity (Wildman–Crippen MR) is 135 cm³/mol. The van der Waals surface area contributed by atoms with Crippen molar-refractivity contribution in [1.29, 1.82) is 0 Å². The number of hydrogen-bond acceptors (Lipinski definition) is 5. The van der Waals surface area contributed by atoms with Gasteiger partial charge in [-0.2, -0.15) is 4.91 Å². The van der Waals surface area contributed by atoms with Crippen LogP contribution in [0.15, 0.2) is 70.8 Å². The second kappa shape index (κ2) is 9.72. The number of benzene rings is 2. The zero-order chi connectivity index (χ0) is 24.5. The van der Waals surface area contributed by atoms with E-state index < -0.39 is 16.1 Å². The summed E-state index contributed by atoms with van der Waals surface area (Å²) in [4.78, 5) is 23.7. The van der Waals surface area contributed by atoms with Gasteiger partial charge in [0.15, 0.2) is 0 Å². The number of halogens is 1. The summed E-state index contributed by atoms with van der Waals surface area (Å²) in [6.45, 7) is 1.96. The van der Waals surface area contributed by atoms with Gasteiger partial charge in [0.05, 0.1) is 5.25 Å². The van der Waals surface area contributed by atoms with Gasteiger partial charge in [-0.25, -0.2) is 8.42 Å². The molecular weight excluding hydrogens is 474 g/mol. The first kappa shape index (κ1) is 24.2. The minimum absolute atomic E-state index is 0.164. The first-order valence-electron chi connectivity index (χ1n) is 11.0. The molecule has 0 aliphatic heterocycles. The Kier molecular flexibility index (Phi) is 6.91. The summed E-state index contributed by atoms with van der Waals surface area (Å²) in [5.74, 6) is -0.203. The zero-order valence-electron chi connectivity index (χ0n) is 18.9. The van der Waals surface area contributed by atoms with Crippen LogP contribution >= 0.6 is 11.6 Å². The van der Waals surface area contributed by atoms with E-state index >= 15 is 0 Å². The molecule has 2 unspecified atom stereocenters. The summed E-state index contributed by atoms with van der Waals surface area (Å²) in [5.41, 5.74) is 3.88. The minimum Gasteiger partial charge on any atom is -0.318 e. The molecule has 4 rings (SSSR count). The molecule has 0 bridgehead atoms. The Hall–Kier alpha value is -2.97. The highest BCUT2D eigenvalue weighted by Gasteiger charge is 2.35. The number of pyridine rings is 1. The third kappa shape index (κ3) is 5.39. The third-order valence-corrected chi connectivity index (χ3v) is 8.33. The van der Waals surface area contributed by atoms with E-state index in [-0.39, 0.29) is 16.7 Å². The van der Waals surface area contributed by atoms with Crippen molar-refractivity contribution < 1.29 is 8.42 Å². The first-order valence-corrected chi connectivity index (χ1v) is 13.0. The summed E-state index contributed by atoms with van der Waals surface area (Å²) in [5, 5.41) is 3.69. The lowest BCUT2D eigenvalue weighted by Gasteiger charge is -2.23. The topological polar surface area (TPSA) is 97.6 Å². The zero-order valence-corrected chi connectivity index (χ0v) is 20.5. The molecule has 0 saturated heterocycles.